The molecular weight excluding hydrogens is 327 g/mol. The minimum atomic E-state index is -0.439. The summed E-state index contributed by atoms with van der Waals surface area (Å²) in [4.78, 5) is 11.4. The molecule has 1 rings (SSSR count). The molecule has 3 nitrogen and oxygen atoms in total. The zero-order chi connectivity index (χ0) is 15.8. The molecule has 0 spiro atoms. The van der Waals surface area contributed by atoms with Gasteiger partial charge in [0.25, 0.3) is 0 Å². The largest absolute Gasteiger partial charge is 0.494 e. The lowest BCUT2D eigenvalue weighted by Gasteiger charge is -2.15. The number of rotatable bonds is 8. The van der Waals surface area contributed by atoms with Gasteiger partial charge >= 0.3 is 5.97 Å². The zero-order valence-corrected chi connectivity index (χ0v) is 14.6. The molecule has 0 saturated carbocycles. The lowest BCUT2D eigenvalue weighted by Crippen LogP contribution is -2.17. The molecule has 1 unspecified atom stereocenters. The Labute approximate surface area is 138 Å². The number of benzene rings is 1. The van der Waals surface area contributed by atoms with E-state index in [1.807, 2.05) is 0 Å². The van der Waals surface area contributed by atoms with Gasteiger partial charge in [-0.1, -0.05) is 19.9 Å². The Morgan fingerprint density at radius 1 is 1.29 bits per heavy atom. The van der Waals surface area contributed by atoms with E-state index < -0.39 is 5.97 Å². The second-order valence-electron chi connectivity index (χ2n) is 4.52. The summed E-state index contributed by atoms with van der Waals surface area (Å²) in [5.74, 6) is 0.742. The molecule has 0 aliphatic carbocycles. The van der Waals surface area contributed by atoms with E-state index in [0.717, 1.165) is 6.42 Å². The van der Waals surface area contributed by atoms with Gasteiger partial charge in [0.15, 0.2) is 0 Å². The molecule has 1 aromatic carbocycles. The fourth-order valence-electron chi connectivity index (χ4n) is 1.46. The SMILES string of the molecule is C=C(C)C(=O)Oc1ccc(OCC(CC)[Si]C(Cl)Cl)cc1. The van der Waals surface area contributed by atoms with Crippen molar-refractivity contribution >= 4 is 38.7 Å². The van der Waals surface area contributed by atoms with Gasteiger partial charge in [0.2, 0.25) is 0 Å². The highest BCUT2D eigenvalue weighted by Crippen LogP contribution is 2.21. The van der Waals surface area contributed by atoms with Crippen molar-refractivity contribution in [3.8, 4) is 11.5 Å². The van der Waals surface area contributed by atoms with E-state index in [1.54, 1.807) is 31.2 Å². The number of alkyl halides is 2. The quantitative estimate of drug-likeness (QED) is 0.233. The second kappa shape index (κ2) is 9.13. The van der Waals surface area contributed by atoms with Crippen LogP contribution in [0.4, 0.5) is 0 Å². The van der Waals surface area contributed by atoms with E-state index in [1.165, 1.54) is 0 Å². The van der Waals surface area contributed by atoms with E-state index in [9.17, 15) is 4.79 Å². The number of halogens is 2. The van der Waals surface area contributed by atoms with Crippen LogP contribution in [-0.2, 0) is 4.79 Å². The van der Waals surface area contributed by atoms with Gasteiger partial charge in [-0.15, -0.1) is 23.2 Å². The molecule has 6 heteroatoms. The Bertz CT molecular complexity index is 474. The highest BCUT2D eigenvalue weighted by atomic mass is 35.5. The summed E-state index contributed by atoms with van der Waals surface area (Å²) in [6.45, 7) is 7.78. The first-order valence-corrected chi connectivity index (χ1v) is 8.60. The molecule has 1 atom stereocenters. The fraction of sp³-hybridized carbons (Fsp3) is 0.400. The van der Waals surface area contributed by atoms with Crippen LogP contribution in [0.3, 0.4) is 0 Å². The standard InChI is InChI=1S/C15H18Cl2O3Si/c1-4-13(21-15(16)17)9-19-11-5-7-12(8-6-11)20-14(18)10(2)3/h5-8,13,15H,2,4,9H2,1,3H3. The van der Waals surface area contributed by atoms with Crippen molar-refractivity contribution in [1.29, 1.82) is 0 Å². The van der Waals surface area contributed by atoms with Crippen LogP contribution >= 0.6 is 23.2 Å². The first-order chi connectivity index (χ1) is 9.92. The third-order valence-corrected chi connectivity index (χ3v) is 4.74. The smallest absolute Gasteiger partial charge is 0.338 e. The molecule has 1 aromatic rings. The minimum absolute atomic E-state index is 0.339. The molecule has 2 radical (unpaired) electrons. The number of carbonyl (C=O) groups excluding carboxylic acids is 1. The summed E-state index contributed by atoms with van der Waals surface area (Å²) in [5, 5.41) is 0. The molecule has 0 heterocycles. The van der Waals surface area contributed by atoms with Crippen LogP contribution in [0.2, 0.25) is 5.54 Å². The van der Waals surface area contributed by atoms with Gasteiger partial charge in [0, 0.05) is 5.57 Å². The summed E-state index contributed by atoms with van der Waals surface area (Å²) in [7, 11) is 0.450. The summed E-state index contributed by atoms with van der Waals surface area (Å²) in [6, 6.07) is 6.89. The summed E-state index contributed by atoms with van der Waals surface area (Å²) in [6.07, 6.45) is 0.961. The molecule has 0 aliphatic heterocycles. The first kappa shape index (κ1) is 18.1. The molecule has 0 N–H and O–H groups in total. The monoisotopic (exact) mass is 344 g/mol. The fourth-order valence-corrected chi connectivity index (χ4v) is 3.30. The van der Waals surface area contributed by atoms with E-state index in [2.05, 4.69) is 13.5 Å². The topological polar surface area (TPSA) is 35.5 Å². The van der Waals surface area contributed by atoms with Gasteiger partial charge in [-0.3, -0.25) is 0 Å². The van der Waals surface area contributed by atoms with E-state index in [0.29, 0.717) is 38.7 Å². The van der Waals surface area contributed by atoms with Crippen LogP contribution in [0, 0.1) is 0 Å². The first-order valence-electron chi connectivity index (χ1n) is 6.57. The van der Waals surface area contributed by atoms with Crippen LogP contribution in [-0.4, -0.2) is 26.6 Å². The van der Waals surface area contributed by atoms with E-state index in [-0.39, 0.29) is 4.46 Å². The molecule has 0 amide bonds. The van der Waals surface area contributed by atoms with E-state index >= 15 is 0 Å². The average Bonchev–Trinajstić information content (AvgIpc) is 2.44. The van der Waals surface area contributed by atoms with Crippen molar-refractivity contribution in [2.75, 3.05) is 6.61 Å². The van der Waals surface area contributed by atoms with Crippen molar-refractivity contribution < 1.29 is 14.3 Å². The normalized spacial score (nSPS) is 12.0. The van der Waals surface area contributed by atoms with Gasteiger partial charge in [-0.25, -0.2) is 4.79 Å². The lowest BCUT2D eigenvalue weighted by molar-refractivity contribution is -0.130. The van der Waals surface area contributed by atoms with Gasteiger partial charge in [-0.2, -0.15) is 0 Å². The molecule has 0 bridgehead atoms. The van der Waals surface area contributed by atoms with Crippen molar-refractivity contribution in [1.82, 2.24) is 0 Å². The van der Waals surface area contributed by atoms with Crippen LogP contribution < -0.4 is 9.47 Å². The average molecular weight is 345 g/mol. The van der Waals surface area contributed by atoms with Crippen molar-refractivity contribution in [2.45, 2.75) is 30.3 Å². The number of hydrogen-bond donors (Lipinski definition) is 0. The third-order valence-electron chi connectivity index (χ3n) is 2.69. The van der Waals surface area contributed by atoms with Crippen LogP contribution in [0.15, 0.2) is 36.4 Å². The Kier molecular flexibility index (Phi) is 7.86. The van der Waals surface area contributed by atoms with Gasteiger partial charge < -0.3 is 9.47 Å². The number of esters is 1. The molecule has 0 saturated heterocycles. The summed E-state index contributed by atoms with van der Waals surface area (Å²) >= 11 is 11.6. The third kappa shape index (κ3) is 7.02. The number of hydrogen-bond acceptors (Lipinski definition) is 3. The maximum absolute atomic E-state index is 11.4. The predicted molar refractivity (Wildman–Crippen MR) is 87.7 cm³/mol. The summed E-state index contributed by atoms with van der Waals surface area (Å²) < 4.78 is 10.5. The van der Waals surface area contributed by atoms with Crippen molar-refractivity contribution in [3.63, 3.8) is 0 Å². The van der Waals surface area contributed by atoms with Crippen LogP contribution in [0.1, 0.15) is 20.3 Å². The molecule has 0 aromatic heterocycles. The highest BCUT2D eigenvalue weighted by molar-refractivity contribution is 6.69. The van der Waals surface area contributed by atoms with E-state index in [4.69, 9.17) is 32.7 Å². The molecule has 0 aliphatic rings. The second-order valence-corrected chi connectivity index (χ2v) is 8.08. The maximum Gasteiger partial charge on any atom is 0.338 e. The Hall–Kier alpha value is -0.973. The molecular formula is C15H18Cl2O3Si. The Morgan fingerprint density at radius 3 is 2.33 bits per heavy atom. The van der Waals surface area contributed by atoms with Crippen molar-refractivity contribution in [3.05, 3.63) is 36.4 Å². The van der Waals surface area contributed by atoms with Gasteiger partial charge in [0.1, 0.15) is 11.5 Å². The Balaban J connectivity index is 2.50. The zero-order valence-electron chi connectivity index (χ0n) is 12.1. The number of carbonyl (C=O) groups is 1. The minimum Gasteiger partial charge on any atom is -0.494 e. The van der Waals surface area contributed by atoms with Crippen molar-refractivity contribution in [2.24, 2.45) is 0 Å². The molecule has 0 fully saturated rings. The molecule has 114 valence electrons. The maximum atomic E-state index is 11.4. The van der Waals surface area contributed by atoms with Gasteiger partial charge in [0.05, 0.1) is 20.6 Å². The lowest BCUT2D eigenvalue weighted by atomic mass is 10.3. The van der Waals surface area contributed by atoms with Crippen LogP contribution in [0.5, 0.6) is 11.5 Å². The predicted octanol–water partition coefficient (Wildman–Crippen LogP) is 4.21. The summed E-state index contributed by atoms with van der Waals surface area (Å²) in [5.41, 5.74) is 0.699. The molecule has 21 heavy (non-hydrogen) atoms. The number of ether oxygens (including phenoxy) is 2. The van der Waals surface area contributed by atoms with Crippen LogP contribution in [0.25, 0.3) is 0 Å². The Morgan fingerprint density at radius 2 is 1.86 bits per heavy atom. The highest BCUT2D eigenvalue weighted by Gasteiger charge is 2.13. The van der Waals surface area contributed by atoms with Gasteiger partial charge in [-0.05, 0) is 36.7 Å².